The van der Waals surface area contributed by atoms with Crippen molar-refractivity contribution in [2.75, 3.05) is 13.2 Å². The van der Waals surface area contributed by atoms with Crippen molar-refractivity contribution < 1.29 is 54.5 Å². The molecule has 1 saturated heterocycles. The Kier molecular flexibility index (Phi) is 26.5. The maximum absolute atomic E-state index is 12.8. The lowest BCUT2D eigenvalue weighted by Crippen LogP contribution is -2.61. The van der Waals surface area contributed by atoms with Gasteiger partial charge in [0.05, 0.1) is 18.8 Å². The molecule has 13 nitrogen and oxygen atoms in total. The summed E-state index contributed by atoms with van der Waals surface area (Å²) in [6.45, 7) is 3.73. The summed E-state index contributed by atoms with van der Waals surface area (Å²) in [4.78, 5) is 35.6. The van der Waals surface area contributed by atoms with E-state index in [1.54, 1.807) is 0 Å². The van der Waals surface area contributed by atoms with Crippen molar-refractivity contribution in [2.24, 2.45) is 0 Å². The number of carbonyl (C=O) groups excluding carboxylic acids is 2. The Hall–Kier alpha value is -1.87. The van der Waals surface area contributed by atoms with Crippen molar-refractivity contribution in [1.82, 2.24) is 10.6 Å². The van der Waals surface area contributed by atoms with Gasteiger partial charge in [-0.3, -0.25) is 14.4 Å². The predicted molar refractivity (Wildman–Crippen MR) is 190 cm³/mol. The molecular weight excluding hydrogens is 648 g/mol. The number of nitrogens with one attached hydrogen (secondary N) is 2. The van der Waals surface area contributed by atoms with E-state index in [9.17, 15) is 39.9 Å². The number of aliphatic carboxylic acids is 1. The van der Waals surface area contributed by atoms with Gasteiger partial charge < -0.3 is 50.7 Å². The number of hydrogen-bond donors (Lipinski definition) is 8. The smallest absolute Gasteiger partial charge is 0.303 e. The van der Waals surface area contributed by atoms with Crippen LogP contribution in [0.1, 0.15) is 155 Å². The van der Waals surface area contributed by atoms with Gasteiger partial charge in [0, 0.05) is 25.8 Å². The molecule has 0 spiro atoms. The molecule has 0 aromatic heterocycles. The molecule has 1 aliphatic heterocycles. The number of aliphatic hydroxyl groups excluding tert-OH is 5. The van der Waals surface area contributed by atoms with E-state index in [2.05, 4.69) is 24.5 Å². The van der Waals surface area contributed by atoms with Crippen molar-refractivity contribution in [3.8, 4) is 0 Å². The first-order chi connectivity index (χ1) is 24.0. The summed E-state index contributed by atoms with van der Waals surface area (Å²) in [5, 5.41) is 67.5. The Labute approximate surface area is 299 Å². The van der Waals surface area contributed by atoms with E-state index in [1.807, 2.05) is 0 Å². The highest BCUT2D eigenvalue weighted by Crippen LogP contribution is 2.23. The SMILES string of the molecule is CCCCCCCCCCCCCC[C@@H](O)[C@@H](O)[C@H](COC1OC(CNC(=O)CCCC(=O)O)C(O)C(O)C1O)NC(=O)CCCCCCC. The topological polar surface area (TPSA) is 215 Å². The number of carbonyl (C=O) groups is 3. The predicted octanol–water partition coefficient (Wildman–Crippen LogP) is 3.84. The Balaban J connectivity index is 2.67. The van der Waals surface area contributed by atoms with Crippen molar-refractivity contribution >= 4 is 17.8 Å². The van der Waals surface area contributed by atoms with Crippen LogP contribution in [0, 0.1) is 0 Å². The van der Waals surface area contributed by atoms with E-state index in [1.165, 1.54) is 51.4 Å². The summed E-state index contributed by atoms with van der Waals surface area (Å²) in [6.07, 6.45) is 9.22. The minimum absolute atomic E-state index is 0.0559. The molecule has 5 unspecified atom stereocenters. The minimum atomic E-state index is -1.68. The Morgan fingerprint density at radius 1 is 0.660 bits per heavy atom. The van der Waals surface area contributed by atoms with Gasteiger partial charge in [-0.2, -0.15) is 0 Å². The lowest BCUT2D eigenvalue weighted by atomic mass is 9.98. The zero-order valence-corrected chi connectivity index (χ0v) is 30.8. The zero-order valence-electron chi connectivity index (χ0n) is 30.8. The standard InChI is InChI=1S/C37H70N2O11/c1-3-5-7-9-10-11-12-13-14-15-17-18-21-28(40)33(45)27(39-31(42)22-19-16-8-6-4-2)26-49-37-36(48)35(47)34(46)29(50-37)25-38-30(41)23-20-24-32(43)44/h27-29,33-37,40,45-48H,3-26H2,1-2H3,(H,38,41)(H,39,42)(H,43,44)/t27-,28+,29?,33-,34?,35?,36?,37?/m0/s1. The lowest BCUT2D eigenvalue weighted by Gasteiger charge is -2.41. The van der Waals surface area contributed by atoms with E-state index in [0.717, 1.165) is 44.9 Å². The van der Waals surface area contributed by atoms with Crippen molar-refractivity contribution in [3.05, 3.63) is 0 Å². The molecule has 8 atom stereocenters. The number of rotatable bonds is 31. The molecule has 0 aromatic rings. The third kappa shape index (κ3) is 20.8. The highest BCUT2D eigenvalue weighted by atomic mass is 16.7. The molecule has 1 aliphatic rings. The van der Waals surface area contributed by atoms with Crippen LogP contribution in [-0.4, -0.2) is 111 Å². The molecule has 1 fully saturated rings. The second-order valence-electron chi connectivity index (χ2n) is 14.0. The van der Waals surface area contributed by atoms with Gasteiger partial charge in [-0.1, -0.05) is 117 Å². The molecule has 294 valence electrons. The summed E-state index contributed by atoms with van der Waals surface area (Å²) in [7, 11) is 0. The molecule has 0 bridgehead atoms. The van der Waals surface area contributed by atoms with Gasteiger partial charge in [-0.25, -0.2) is 0 Å². The van der Waals surface area contributed by atoms with Gasteiger partial charge >= 0.3 is 5.97 Å². The normalized spacial score (nSPS) is 22.5. The Bertz CT molecular complexity index is 895. The van der Waals surface area contributed by atoms with E-state index in [0.29, 0.717) is 19.3 Å². The van der Waals surface area contributed by atoms with E-state index >= 15 is 0 Å². The monoisotopic (exact) mass is 718 g/mol. The van der Waals surface area contributed by atoms with Crippen molar-refractivity contribution in [3.63, 3.8) is 0 Å². The zero-order chi connectivity index (χ0) is 37.1. The van der Waals surface area contributed by atoms with E-state index < -0.39 is 60.8 Å². The number of carboxylic acid groups (broad SMARTS) is 1. The number of aliphatic hydroxyl groups is 5. The van der Waals surface area contributed by atoms with Crippen LogP contribution in [0.5, 0.6) is 0 Å². The number of carboxylic acids is 1. The third-order valence-corrected chi connectivity index (χ3v) is 9.42. The molecule has 1 heterocycles. The van der Waals surface area contributed by atoms with Gasteiger partial charge in [-0.15, -0.1) is 0 Å². The highest BCUT2D eigenvalue weighted by Gasteiger charge is 2.45. The molecule has 0 radical (unpaired) electrons. The van der Waals surface area contributed by atoms with Gasteiger partial charge in [0.2, 0.25) is 11.8 Å². The van der Waals surface area contributed by atoms with Crippen molar-refractivity contribution in [2.45, 2.75) is 204 Å². The molecule has 0 aliphatic carbocycles. The van der Waals surface area contributed by atoms with Crippen LogP contribution in [0.4, 0.5) is 0 Å². The van der Waals surface area contributed by atoms with Crippen LogP contribution in [0.15, 0.2) is 0 Å². The van der Waals surface area contributed by atoms with Crippen LogP contribution in [0.3, 0.4) is 0 Å². The summed E-state index contributed by atoms with van der Waals surface area (Å²) in [5.74, 6) is -1.80. The quantitative estimate of drug-likeness (QED) is 0.0482. The van der Waals surface area contributed by atoms with E-state index in [-0.39, 0.29) is 44.7 Å². The first-order valence-corrected chi connectivity index (χ1v) is 19.5. The van der Waals surface area contributed by atoms with Crippen LogP contribution in [0.2, 0.25) is 0 Å². The average Bonchev–Trinajstić information content (AvgIpc) is 3.09. The highest BCUT2D eigenvalue weighted by molar-refractivity contribution is 5.77. The van der Waals surface area contributed by atoms with Crippen LogP contribution in [0.25, 0.3) is 0 Å². The van der Waals surface area contributed by atoms with Gasteiger partial charge in [0.25, 0.3) is 0 Å². The fraction of sp³-hybridized carbons (Fsp3) is 0.919. The number of amides is 2. The number of hydrogen-bond acceptors (Lipinski definition) is 10. The maximum Gasteiger partial charge on any atom is 0.303 e. The minimum Gasteiger partial charge on any atom is -0.481 e. The maximum atomic E-state index is 12.8. The molecule has 0 saturated carbocycles. The lowest BCUT2D eigenvalue weighted by molar-refractivity contribution is -0.297. The van der Waals surface area contributed by atoms with Crippen LogP contribution in [-0.2, 0) is 23.9 Å². The molecule has 1 rings (SSSR count). The summed E-state index contributed by atoms with van der Waals surface area (Å²) in [5.41, 5.74) is 0. The molecule has 50 heavy (non-hydrogen) atoms. The molecule has 8 N–H and O–H groups in total. The second-order valence-corrected chi connectivity index (χ2v) is 14.0. The fourth-order valence-corrected chi connectivity index (χ4v) is 6.15. The molecule has 0 aromatic carbocycles. The third-order valence-electron chi connectivity index (χ3n) is 9.42. The van der Waals surface area contributed by atoms with E-state index in [4.69, 9.17) is 14.6 Å². The summed E-state index contributed by atoms with van der Waals surface area (Å²) < 4.78 is 11.4. The molecular formula is C37H70N2O11. The fourth-order valence-electron chi connectivity index (χ4n) is 6.15. The summed E-state index contributed by atoms with van der Waals surface area (Å²) >= 11 is 0. The van der Waals surface area contributed by atoms with Crippen LogP contribution >= 0.6 is 0 Å². The largest absolute Gasteiger partial charge is 0.481 e. The Morgan fingerprint density at radius 2 is 1.18 bits per heavy atom. The van der Waals surface area contributed by atoms with Gasteiger partial charge in [0.15, 0.2) is 6.29 Å². The summed E-state index contributed by atoms with van der Waals surface area (Å²) in [6, 6.07) is -1.04. The number of ether oxygens (including phenoxy) is 2. The molecule has 2 amide bonds. The number of unbranched alkanes of at least 4 members (excludes halogenated alkanes) is 15. The Morgan fingerprint density at radius 3 is 1.74 bits per heavy atom. The van der Waals surface area contributed by atoms with Crippen molar-refractivity contribution in [1.29, 1.82) is 0 Å². The first-order valence-electron chi connectivity index (χ1n) is 19.5. The van der Waals surface area contributed by atoms with Gasteiger partial charge in [-0.05, 0) is 19.3 Å². The van der Waals surface area contributed by atoms with Gasteiger partial charge in [0.1, 0.15) is 30.5 Å². The molecule has 13 heteroatoms. The average molecular weight is 719 g/mol. The second kappa shape index (κ2) is 28.7. The first kappa shape index (κ1) is 46.2. The van der Waals surface area contributed by atoms with Crippen LogP contribution < -0.4 is 10.6 Å².